The molecule has 0 unspecified atom stereocenters. The standard InChI is InChI=1S/C19H24N2O4/c1-13-5-4-6-16(9-13)25-12-15(22)11-20-19(23)21-17-10-14(2)7-8-18(17)24-3/h4-10,15,22H,11-12H2,1-3H3,(H2,20,21,23)/t15-/m1/s1. The van der Waals surface area contributed by atoms with Gasteiger partial charge in [0.2, 0.25) is 0 Å². The van der Waals surface area contributed by atoms with Gasteiger partial charge in [-0.05, 0) is 49.2 Å². The number of urea groups is 1. The van der Waals surface area contributed by atoms with Crippen LogP contribution in [0.2, 0.25) is 0 Å². The summed E-state index contributed by atoms with van der Waals surface area (Å²) >= 11 is 0. The molecule has 6 nitrogen and oxygen atoms in total. The summed E-state index contributed by atoms with van der Waals surface area (Å²) in [7, 11) is 1.54. The van der Waals surface area contributed by atoms with Gasteiger partial charge in [0.25, 0.3) is 0 Å². The van der Waals surface area contributed by atoms with E-state index in [1.807, 2.05) is 50.2 Å². The molecule has 2 aromatic rings. The number of aryl methyl sites for hydroxylation is 2. The Bertz CT molecular complexity index is 718. The molecular formula is C19H24N2O4. The topological polar surface area (TPSA) is 79.8 Å². The average Bonchev–Trinajstić information content (AvgIpc) is 2.58. The maximum atomic E-state index is 12.0. The zero-order valence-corrected chi connectivity index (χ0v) is 14.7. The van der Waals surface area contributed by atoms with Crippen LogP contribution in [-0.2, 0) is 0 Å². The number of rotatable bonds is 7. The maximum absolute atomic E-state index is 12.0. The van der Waals surface area contributed by atoms with E-state index in [0.717, 1.165) is 11.1 Å². The van der Waals surface area contributed by atoms with Crippen LogP contribution in [0.1, 0.15) is 11.1 Å². The Kier molecular flexibility index (Phi) is 6.65. The Morgan fingerprint density at radius 3 is 2.64 bits per heavy atom. The first-order valence-electron chi connectivity index (χ1n) is 8.05. The van der Waals surface area contributed by atoms with E-state index in [4.69, 9.17) is 9.47 Å². The molecule has 0 aliphatic heterocycles. The fourth-order valence-electron chi connectivity index (χ4n) is 2.25. The summed E-state index contributed by atoms with van der Waals surface area (Å²) < 4.78 is 10.7. The lowest BCUT2D eigenvalue weighted by atomic mass is 10.2. The number of methoxy groups -OCH3 is 1. The van der Waals surface area contributed by atoms with Crippen LogP contribution in [0.3, 0.4) is 0 Å². The minimum absolute atomic E-state index is 0.0752. The van der Waals surface area contributed by atoms with Gasteiger partial charge in [-0.2, -0.15) is 0 Å². The number of amides is 2. The summed E-state index contributed by atoms with van der Waals surface area (Å²) in [5.74, 6) is 1.26. The van der Waals surface area contributed by atoms with Crippen molar-refractivity contribution in [2.75, 3.05) is 25.6 Å². The van der Waals surface area contributed by atoms with Gasteiger partial charge in [-0.3, -0.25) is 0 Å². The second kappa shape index (κ2) is 8.94. The van der Waals surface area contributed by atoms with Crippen LogP contribution in [0.25, 0.3) is 0 Å². The van der Waals surface area contributed by atoms with E-state index < -0.39 is 12.1 Å². The maximum Gasteiger partial charge on any atom is 0.319 e. The minimum atomic E-state index is -0.814. The molecule has 2 aromatic carbocycles. The number of benzene rings is 2. The molecular weight excluding hydrogens is 320 g/mol. The monoisotopic (exact) mass is 344 g/mol. The molecule has 0 heterocycles. The van der Waals surface area contributed by atoms with Crippen molar-refractivity contribution in [3.05, 3.63) is 53.6 Å². The van der Waals surface area contributed by atoms with Gasteiger partial charge in [0.15, 0.2) is 0 Å². The van der Waals surface area contributed by atoms with Gasteiger partial charge in [0.05, 0.1) is 12.8 Å². The lowest BCUT2D eigenvalue weighted by Crippen LogP contribution is -2.37. The molecule has 6 heteroatoms. The molecule has 25 heavy (non-hydrogen) atoms. The van der Waals surface area contributed by atoms with Gasteiger partial charge < -0.3 is 25.2 Å². The summed E-state index contributed by atoms with van der Waals surface area (Å²) in [6.45, 7) is 4.06. The van der Waals surface area contributed by atoms with E-state index in [1.54, 1.807) is 13.2 Å². The second-order valence-corrected chi connectivity index (χ2v) is 5.82. The van der Waals surface area contributed by atoms with Crippen molar-refractivity contribution in [2.45, 2.75) is 20.0 Å². The molecule has 1 atom stereocenters. The molecule has 0 saturated carbocycles. The Hall–Kier alpha value is -2.73. The largest absolute Gasteiger partial charge is 0.495 e. The molecule has 0 fully saturated rings. The van der Waals surface area contributed by atoms with Crippen LogP contribution >= 0.6 is 0 Å². The van der Waals surface area contributed by atoms with E-state index in [-0.39, 0.29) is 13.2 Å². The smallest absolute Gasteiger partial charge is 0.319 e. The predicted molar refractivity (Wildman–Crippen MR) is 97.4 cm³/mol. The van der Waals surface area contributed by atoms with Crippen LogP contribution in [0.15, 0.2) is 42.5 Å². The molecule has 0 radical (unpaired) electrons. The summed E-state index contributed by atoms with van der Waals surface area (Å²) in [6, 6.07) is 12.6. The molecule has 0 bridgehead atoms. The van der Waals surface area contributed by atoms with Gasteiger partial charge in [-0.25, -0.2) is 4.79 Å². The van der Waals surface area contributed by atoms with Gasteiger partial charge in [0.1, 0.15) is 24.2 Å². The highest BCUT2D eigenvalue weighted by molar-refractivity contribution is 5.91. The summed E-state index contributed by atoms with van der Waals surface area (Å²) in [6.07, 6.45) is -0.814. The highest BCUT2D eigenvalue weighted by atomic mass is 16.5. The Balaban J connectivity index is 1.78. The molecule has 0 aliphatic rings. The van der Waals surface area contributed by atoms with Gasteiger partial charge in [0, 0.05) is 6.54 Å². The third kappa shape index (κ3) is 6.00. The van der Waals surface area contributed by atoms with E-state index in [1.165, 1.54) is 0 Å². The first-order valence-corrected chi connectivity index (χ1v) is 8.05. The molecule has 3 N–H and O–H groups in total. The van der Waals surface area contributed by atoms with Crippen LogP contribution in [0.5, 0.6) is 11.5 Å². The molecule has 0 aromatic heterocycles. The van der Waals surface area contributed by atoms with Crippen molar-refractivity contribution >= 4 is 11.7 Å². The number of carbonyl (C=O) groups is 1. The van der Waals surface area contributed by atoms with E-state index in [9.17, 15) is 9.90 Å². The zero-order chi connectivity index (χ0) is 18.2. The van der Waals surface area contributed by atoms with Gasteiger partial charge >= 0.3 is 6.03 Å². The number of carbonyl (C=O) groups excluding carboxylic acids is 1. The fraction of sp³-hybridized carbons (Fsp3) is 0.316. The number of aliphatic hydroxyl groups excluding tert-OH is 1. The van der Waals surface area contributed by atoms with Crippen molar-refractivity contribution in [2.24, 2.45) is 0 Å². The predicted octanol–water partition coefficient (Wildman–Crippen LogP) is 2.87. The molecule has 2 rings (SSSR count). The number of hydrogen-bond donors (Lipinski definition) is 3. The average molecular weight is 344 g/mol. The normalized spacial score (nSPS) is 11.5. The SMILES string of the molecule is COc1ccc(C)cc1NC(=O)NC[C@@H](O)COc1cccc(C)c1. The van der Waals surface area contributed by atoms with Crippen molar-refractivity contribution in [3.63, 3.8) is 0 Å². The minimum Gasteiger partial charge on any atom is -0.495 e. The number of ether oxygens (including phenoxy) is 2. The highest BCUT2D eigenvalue weighted by Gasteiger charge is 2.10. The molecule has 134 valence electrons. The van der Waals surface area contributed by atoms with Crippen molar-refractivity contribution in [1.29, 1.82) is 0 Å². The lowest BCUT2D eigenvalue weighted by Gasteiger charge is -2.15. The van der Waals surface area contributed by atoms with E-state index in [0.29, 0.717) is 17.2 Å². The molecule has 0 saturated heterocycles. The number of nitrogens with one attached hydrogen (secondary N) is 2. The van der Waals surface area contributed by atoms with Crippen LogP contribution in [-0.4, -0.2) is 37.5 Å². The second-order valence-electron chi connectivity index (χ2n) is 5.82. The summed E-state index contributed by atoms with van der Waals surface area (Å²) in [4.78, 5) is 12.0. The lowest BCUT2D eigenvalue weighted by molar-refractivity contribution is 0.108. The Labute approximate surface area is 147 Å². The number of aliphatic hydroxyl groups is 1. The van der Waals surface area contributed by atoms with Crippen LogP contribution < -0.4 is 20.1 Å². The van der Waals surface area contributed by atoms with Crippen LogP contribution in [0.4, 0.5) is 10.5 Å². The van der Waals surface area contributed by atoms with Crippen molar-refractivity contribution in [1.82, 2.24) is 5.32 Å². The zero-order valence-electron chi connectivity index (χ0n) is 14.7. The van der Waals surface area contributed by atoms with E-state index in [2.05, 4.69) is 10.6 Å². The highest BCUT2D eigenvalue weighted by Crippen LogP contribution is 2.24. The van der Waals surface area contributed by atoms with E-state index >= 15 is 0 Å². The molecule has 0 aliphatic carbocycles. The summed E-state index contributed by atoms with van der Waals surface area (Å²) in [5.41, 5.74) is 2.66. The first-order chi connectivity index (χ1) is 12.0. The third-order valence-electron chi connectivity index (χ3n) is 3.53. The Morgan fingerprint density at radius 2 is 1.92 bits per heavy atom. The quantitative estimate of drug-likeness (QED) is 0.721. The molecule has 0 spiro atoms. The third-order valence-corrected chi connectivity index (χ3v) is 3.53. The van der Waals surface area contributed by atoms with Crippen LogP contribution in [0, 0.1) is 13.8 Å². The molecule has 2 amide bonds. The first kappa shape index (κ1) is 18.6. The number of anilines is 1. The Morgan fingerprint density at radius 1 is 1.16 bits per heavy atom. The summed E-state index contributed by atoms with van der Waals surface area (Å²) in [5, 5.41) is 15.3. The van der Waals surface area contributed by atoms with Gasteiger partial charge in [-0.15, -0.1) is 0 Å². The van der Waals surface area contributed by atoms with Gasteiger partial charge in [-0.1, -0.05) is 18.2 Å². The van der Waals surface area contributed by atoms with Crippen molar-refractivity contribution < 1.29 is 19.4 Å². The van der Waals surface area contributed by atoms with Crippen molar-refractivity contribution in [3.8, 4) is 11.5 Å². The number of hydrogen-bond acceptors (Lipinski definition) is 4. The fourth-order valence-corrected chi connectivity index (χ4v) is 2.25.